The molecule has 1 heterocycles. The highest BCUT2D eigenvalue weighted by Gasteiger charge is 2.46. The highest BCUT2D eigenvalue weighted by atomic mass is 16.6. The molecule has 0 aromatic carbocycles. The van der Waals surface area contributed by atoms with Crippen LogP contribution in [0.2, 0.25) is 0 Å². The van der Waals surface area contributed by atoms with Gasteiger partial charge >= 0.3 is 12.1 Å². The Hall–Kier alpha value is -1.30. The van der Waals surface area contributed by atoms with Crippen molar-refractivity contribution < 1.29 is 24.2 Å². The molecule has 1 aliphatic heterocycles. The molecule has 1 amide bonds. The molecule has 1 saturated heterocycles. The van der Waals surface area contributed by atoms with Crippen LogP contribution in [0.25, 0.3) is 0 Å². The third-order valence-electron chi connectivity index (χ3n) is 2.90. The van der Waals surface area contributed by atoms with Crippen LogP contribution < -0.4 is 0 Å². The molecule has 0 spiro atoms. The largest absolute Gasteiger partial charge is 0.467 e. The van der Waals surface area contributed by atoms with Crippen LogP contribution in [-0.4, -0.2) is 53.5 Å². The summed E-state index contributed by atoms with van der Waals surface area (Å²) in [5.41, 5.74) is -0.644. The number of aliphatic hydroxyl groups excluding tert-OH is 1. The predicted octanol–water partition coefficient (Wildman–Crippen LogP) is 0.776. The van der Waals surface area contributed by atoms with Crippen molar-refractivity contribution in [3.05, 3.63) is 0 Å². The smallest absolute Gasteiger partial charge is 0.411 e. The van der Waals surface area contributed by atoms with E-state index in [1.165, 1.54) is 12.0 Å². The van der Waals surface area contributed by atoms with Crippen LogP contribution in [0.5, 0.6) is 0 Å². The summed E-state index contributed by atoms with van der Waals surface area (Å²) in [6.45, 7) is 7.02. The molecular formula is C12H21NO5. The molecule has 104 valence electrons. The highest BCUT2D eigenvalue weighted by molar-refractivity contribution is 5.82. The second-order valence-electron chi connectivity index (χ2n) is 5.53. The van der Waals surface area contributed by atoms with Crippen molar-refractivity contribution in [2.45, 2.75) is 45.4 Å². The number of rotatable bonds is 1. The van der Waals surface area contributed by atoms with E-state index in [1.54, 1.807) is 27.7 Å². The Labute approximate surface area is 107 Å². The molecule has 18 heavy (non-hydrogen) atoms. The Morgan fingerprint density at radius 3 is 2.33 bits per heavy atom. The summed E-state index contributed by atoms with van der Waals surface area (Å²) >= 11 is 0. The minimum absolute atomic E-state index is 0.0792. The molecule has 6 heteroatoms. The molecule has 6 nitrogen and oxygen atoms in total. The fraction of sp³-hybridized carbons (Fsp3) is 0.833. The van der Waals surface area contributed by atoms with Crippen LogP contribution in [-0.2, 0) is 14.3 Å². The van der Waals surface area contributed by atoms with Gasteiger partial charge in [0, 0.05) is 5.92 Å². The predicted molar refractivity (Wildman–Crippen MR) is 63.9 cm³/mol. The lowest BCUT2D eigenvalue weighted by molar-refractivity contribution is -0.147. The zero-order valence-corrected chi connectivity index (χ0v) is 11.5. The third-order valence-corrected chi connectivity index (χ3v) is 2.90. The molecule has 1 fully saturated rings. The SMILES string of the molecule is COC(=O)C1[C@@H](C)[C@H](O)CN1C(=O)OC(C)(C)C. The monoisotopic (exact) mass is 259 g/mol. The number of aliphatic hydroxyl groups is 1. The lowest BCUT2D eigenvalue weighted by atomic mass is 10.0. The van der Waals surface area contributed by atoms with Crippen LogP contribution in [0.15, 0.2) is 0 Å². The van der Waals surface area contributed by atoms with Crippen molar-refractivity contribution in [2.24, 2.45) is 5.92 Å². The van der Waals surface area contributed by atoms with Crippen molar-refractivity contribution >= 4 is 12.1 Å². The standard InChI is InChI=1S/C12H21NO5/c1-7-8(14)6-13(9(7)10(15)17-5)11(16)18-12(2,3)4/h7-9,14H,6H2,1-5H3/t7-,8+,9?/m0/s1. The second kappa shape index (κ2) is 5.14. The molecule has 1 N–H and O–H groups in total. The number of esters is 1. The number of hydrogen-bond donors (Lipinski definition) is 1. The second-order valence-corrected chi connectivity index (χ2v) is 5.53. The van der Waals surface area contributed by atoms with E-state index < -0.39 is 29.8 Å². The highest BCUT2D eigenvalue weighted by Crippen LogP contribution is 2.27. The number of carbonyl (C=O) groups excluding carboxylic acids is 2. The molecule has 0 aromatic rings. The van der Waals surface area contributed by atoms with Crippen molar-refractivity contribution in [3.8, 4) is 0 Å². The number of ether oxygens (including phenoxy) is 2. The fourth-order valence-corrected chi connectivity index (χ4v) is 1.95. The molecule has 0 radical (unpaired) electrons. The van der Waals surface area contributed by atoms with Crippen LogP contribution in [0.1, 0.15) is 27.7 Å². The van der Waals surface area contributed by atoms with E-state index >= 15 is 0 Å². The molecule has 0 aromatic heterocycles. The van der Waals surface area contributed by atoms with Crippen molar-refractivity contribution in [3.63, 3.8) is 0 Å². The van der Waals surface area contributed by atoms with E-state index in [9.17, 15) is 14.7 Å². The molecule has 3 atom stereocenters. The number of amides is 1. The Balaban J connectivity index is 2.86. The first kappa shape index (κ1) is 14.8. The van der Waals surface area contributed by atoms with Crippen molar-refractivity contribution in [1.82, 2.24) is 4.90 Å². The maximum atomic E-state index is 12.0. The van der Waals surface area contributed by atoms with Gasteiger partial charge in [0.25, 0.3) is 0 Å². The van der Waals surface area contributed by atoms with Crippen LogP contribution >= 0.6 is 0 Å². The van der Waals surface area contributed by atoms with Gasteiger partial charge in [-0.1, -0.05) is 6.92 Å². The summed E-state index contributed by atoms with van der Waals surface area (Å²) in [6.07, 6.45) is -1.36. The Bertz CT molecular complexity index is 336. The van der Waals surface area contributed by atoms with E-state index in [0.717, 1.165) is 0 Å². The fourth-order valence-electron chi connectivity index (χ4n) is 1.95. The zero-order chi connectivity index (χ0) is 14.1. The molecule has 1 aliphatic rings. The Morgan fingerprint density at radius 2 is 1.89 bits per heavy atom. The Kier molecular flexibility index (Phi) is 4.21. The molecule has 0 aliphatic carbocycles. The molecular weight excluding hydrogens is 238 g/mol. The zero-order valence-electron chi connectivity index (χ0n) is 11.5. The molecule has 1 rings (SSSR count). The van der Waals surface area contributed by atoms with E-state index in [-0.39, 0.29) is 12.5 Å². The van der Waals surface area contributed by atoms with Crippen molar-refractivity contribution in [1.29, 1.82) is 0 Å². The third kappa shape index (κ3) is 3.13. The number of carbonyl (C=O) groups is 2. The minimum Gasteiger partial charge on any atom is -0.467 e. The Morgan fingerprint density at radius 1 is 1.33 bits per heavy atom. The van der Waals surface area contributed by atoms with Gasteiger partial charge in [-0.2, -0.15) is 0 Å². The average molecular weight is 259 g/mol. The summed E-state index contributed by atoms with van der Waals surface area (Å²) in [5.74, 6) is -0.908. The lowest BCUT2D eigenvalue weighted by Gasteiger charge is -2.28. The maximum absolute atomic E-state index is 12.0. The average Bonchev–Trinajstić information content (AvgIpc) is 2.52. The summed E-state index contributed by atoms with van der Waals surface area (Å²) in [4.78, 5) is 24.9. The van der Waals surface area contributed by atoms with Gasteiger partial charge in [0.15, 0.2) is 0 Å². The summed E-state index contributed by atoms with van der Waals surface area (Å²) in [5, 5.41) is 9.77. The number of hydrogen-bond acceptors (Lipinski definition) is 5. The van der Waals surface area contributed by atoms with Gasteiger partial charge in [-0.15, -0.1) is 0 Å². The molecule has 1 unspecified atom stereocenters. The number of methoxy groups -OCH3 is 1. The normalized spacial score (nSPS) is 28.1. The topological polar surface area (TPSA) is 76.1 Å². The summed E-state index contributed by atoms with van der Waals surface area (Å²) in [7, 11) is 1.26. The molecule has 0 bridgehead atoms. The van der Waals surface area contributed by atoms with Crippen LogP contribution in [0.4, 0.5) is 4.79 Å². The summed E-state index contributed by atoms with van der Waals surface area (Å²) < 4.78 is 9.88. The van der Waals surface area contributed by atoms with E-state index in [4.69, 9.17) is 4.74 Å². The quantitative estimate of drug-likeness (QED) is 0.704. The van der Waals surface area contributed by atoms with Gasteiger partial charge < -0.3 is 14.6 Å². The van der Waals surface area contributed by atoms with E-state index in [1.807, 2.05) is 0 Å². The van der Waals surface area contributed by atoms with Crippen molar-refractivity contribution in [2.75, 3.05) is 13.7 Å². The van der Waals surface area contributed by atoms with Gasteiger partial charge in [0.1, 0.15) is 11.6 Å². The van der Waals surface area contributed by atoms with Gasteiger partial charge in [0.05, 0.1) is 19.8 Å². The number of likely N-dealkylation sites (tertiary alicyclic amines) is 1. The first-order valence-corrected chi connectivity index (χ1v) is 5.93. The first-order chi connectivity index (χ1) is 8.17. The van der Waals surface area contributed by atoms with E-state index in [0.29, 0.717) is 0 Å². The van der Waals surface area contributed by atoms with Crippen LogP contribution in [0.3, 0.4) is 0 Å². The summed E-state index contributed by atoms with van der Waals surface area (Å²) in [6, 6.07) is -0.792. The van der Waals surface area contributed by atoms with Gasteiger partial charge in [0.2, 0.25) is 0 Å². The lowest BCUT2D eigenvalue weighted by Crippen LogP contribution is -2.45. The van der Waals surface area contributed by atoms with E-state index in [2.05, 4.69) is 4.74 Å². The first-order valence-electron chi connectivity index (χ1n) is 5.93. The number of β-amino-alcohol motifs (C(OH)–C–C–N with tert-alkyl or cyclic N) is 1. The minimum atomic E-state index is -0.792. The van der Waals surface area contributed by atoms with Gasteiger partial charge in [-0.05, 0) is 20.8 Å². The van der Waals surface area contributed by atoms with Gasteiger partial charge in [-0.25, -0.2) is 9.59 Å². The molecule has 0 saturated carbocycles. The maximum Gasteiger partial charge on any atom is 0.411 e. The number of nitrogens with zero attached hydrogens (tertiary/aromatic N) is 1. The van der Waals surface area contributed by atoms with Crippen LogP contribution in [0, 0.1) is 5.92 Å². The van der Waals surface area contributed by atoms with Gasteiger partial charge in [-0.3, -0.25) is 4.90 Å².